The minimum atomic E-state index is -5.17. The molecule has 0 N–H and O–H groups in total. The van der Waals surface area contributed by atoms with Gasteiger partial charge in [0.25, 0.3) is 0 Å². The molecule has 0 atom stereocenters. The van der Waals surface area contributed by atoms with Crippen LogP contribution < -0.4 is 0 Å². The Morgan fingerprint density at radius 1 is 0.400 bits per heavy atom. The molecule has 0 aliphatic carbocycles. The normalized spacial score (nSPS) is 8.56. The predicted molar refractivity (Wildman–Crippen MR) is 67.2 cm³/mol. The molecule has 0 heterocycles. The summed E-state index contributed by atoms with van der Waals surface area (Å²) in [5.74, 6) is 0. The first kappa shape index (κ1) is 44.1. The van der Waals surface area contributed by atoms with E-state index in [1.54, 1.807) is 0 Å². The molecule has 0 spiro atoms. The SMILES string of the molecule is O=CC=O.O=CC=O.O=S(=O)([O-])[O-].O=S(=O)([O-])[O-].O=S(=O)([O-])[O-].[Al+3].[Al+3]. The molecule has 0 amide bonds. The van der Waals surface area contributed by atoms with E-state index in [4.69, 9.17) is 71.7 Å². The average Bonchev–Trinajstić information content (AvgIpc) is 2.22. The van der Waals surface area contributed by atoms with E-state index < -0.39 is 31.2 Å². The van der Waals surface area contributed by atoms with E-state index in [0.717, 1.165) is 0 Å². The van der Waals surface area contributed by atoms with Crippen LogP contribution in [0.1, 0.15) is 0 Å². The molecule has 0 aliphatic heterocycles. The van der Waals surface area contributed by atoms with Crippen molar-refractivity contribution in [3.8, 4) is 0 Å². The zero-order valence-corrected chi connectivity index (χ0v) is 16.0. The molecule has 16 nitrogen and oxygen atoms in total. The maximum absolute atomic E-state index is 8.81. The molecular formula is C4H4Al2O16S3. The predicted octanol–water partition coefficient (Wildman–Crippen LogP) is -6.01. The van der Waals surface area contributed by atoms with Gasteiger partial charge in [-0.25, -0.2) is 0 Å². The van der Waals surface area contributed by atoms with E-state index in [0.29, 0.717) is 0 Å². The van der Waals surface area contributed by atoms with Gasteiger partial charge < -0.3 is 27.3 Å². The smallest absolute Gasteiger partial charge is 0.759 e. The average molecular weight is 458 g/mol. The summed E-state index contributed by atoms with van der Waals surface area (Å²) in [6, 6.07) is 0. The number of hydrogen-bond donors (Lipinski definition) is 0. The van der Waals surface area contributed by atoms with Crippen LogP contribution in [0.2, 0.25) is 0 Å². The van der Waals surface area contributed by atoms with Gasteiger partial charge in [0, 0.05) is 31.2 Å². The maximum Gasteiger partial charge on any atom is 3.00 e. The van der Waals surface area contributed by atoms with Crippen molar-refractivity contribution in [1.82, 2.24) is 0 Å². The van der Waals surface area contributed by atoms with E-state index in [2.05, 4.69) is 0 Å². The molecule has 0 rings (SSSR count). The summed E-state index contributed by atoms with van der Waals surface area (Å²) in [4.78, 5) is 35.2. The van der Waals surface area contributed by atoms with Crippen LogP contribution in [0.3, 0.4) is 0 Å². The van der Waals surface area contributed by atoms with Crippen LogP contribution in [0, 0.1) is 0 Å². The van der Waals surface area contributed by atoms with Gasteiger partial charge in [-0.1, -0.05) is 0 Å². The van der Waals surface area contributed by atoms with Gasteiger partial charge in [0.05, 0.1) is 0 Å². The van der Waals surface area contributed by atoms with Crippen molar-refractivity contribution in [2.45, 2.75) is 0 Å². The van der Waals surface area contributed by atoms with Gasteiger partial charge in [-0.15, -0.1) is 0 Å². The van der Waals surface area contributed by atoms with Crippen LogP contribution in [0.5, 0.6) is 0 Å². The second-order valence-corrected chi connectivity index (χ2v) is 4.22. The summed E-state index contributed by atoms with van der Waals surface area (Å²) in [6.45, 7) is 0. The largest absolute Gasteiger partial charge is 3.00 e. The molecule has 0 saturated carbocycles. The van der Waals surface area contributed by atoms with E-state index in [1.807, 2.05) is 0 Å². The van der Waals surface area contributed by atoms with Crippen LogP contribution in [0.4, 0.5) is 0 Å². The van der Waals surface area contributed by atoms with Crippen LogP contribution in [0.25, 0.3) is 0 Å². The summed E-state index contributed by atoms with van der Waals surface area (Å²) in [5, 5.41) is 0. The summed E-state index contributed by atoms with van der Waals surface area (Å²) in [6.07, 6.45) is 0.778. The Balaban J connectivity index is -0.0000000319. The Bertz CT molecular complexity index is 497. The zero-order chi connectivity index (χ0) is 20.3. The van der Waals surface area contributed by atoms with Gasteiger partial charge in [0.1, 0.15) is 0 Å². The zero-order valence-electron chi connectivity index (χ0n) is 11.2. The molecule has 25 heavy (non-hydrogen) atoms. The monoisotopic (exact) mass is 458 g/mol. The van der Waals surface area contributed by atoms with Crippen LogP contribution in [-0.2, 0) is 50.4 Å². The second-order valence-electron chi connectivity index (χ2n) is 1.77. The number of carbonyl (C=O) groups excluding carboxylic acids is 4. The number of rotatable bonds is 2. The van der Waals surface area contributed by atoms with Crippen LogP contribution in [0.15, 0.2) is 0 Å². The summed E-state index contributed by atoms with van der Waals surface area (Å²) >= 11 is 0. The Labute approximate surface area is 162 Å². The Hall–Kier alpha value is -0.645. The van der Waals surface area contributed by atoms with Crippen molar-refractivity contribution in [3.05, 3.63) is 0 Å². The molecule has 0 bridgehead atoms. The van der Waals surface area contributed by atoms with Crippen LogP contribution in [-0.4, -0.2) is 112 Å². The summed E-state index contributed by atoms with van der Waals surface area (Å²) in [5.41, 5.74) is 0. The van der Waals surface area contributed by atoms with Crippen molar-refractivity contribution >= 4 is 91.1 Å². The number of aldehydes is 4. The van der Waals surface area contributed by atoms with Crippen molar-refractivity contribution in [2.24, 2.45) is 0 Å². The maximum atomic E-state index is 8.81. The van der Waals surface area contributed by atoms with Crippen molar-refractivity contribution < 1.29 is 71.7 Å². The third-order valence-electron chi connectivity index (χ3n) is 0.111. The van der Waals surface area contributed by atoms with E-state index in [-0.39, 0.29) is 59.9 Å². The molecule has 21 heteroatoms. The minimum absolute atomic E-state index is 0. The van der Waals surface area contributed by atoms with E-state index in [1.165, 1.54) is 0 Å². The molecule has 0 unspecified atom stereocenters. The van der Waals surface area contributed by atoms with Crippen molar-refractivity contribution in [2.75, 3.05) is 0 Å². The first-order valence-corrected chi connectivity index (χ1v) is 7.61. The standard InChI is InChI=1S/2C2H2O2.2Al.3H2O4S/c2*3-1-2-4;;;3*1-5(2,3)4/h2*1-2H;;;3*(H2,1,2,3,4)/q;;2*+3;;;/p-6. The fraction of sp³-hybridized carbons (Fsp3) is 0. The second kappa shape index (κ2) is 25.6. The Morgan fingerprint density at radius 2 is 0.440 bits per heavy atom. The van der Waals surface area contributed by atoms with Gasteiger partial charge in [-0.3, -0.25) is 44.4 Å². The quantitative estimate of drug-likeness (QED) is 0.122. The molecule has 0 aliphatic rings. The topological polar surface area (TPSA) is 309 Å². The number of carbonyl (C=O) groups is 4. The number of hydrogen-bond acceptors (Lipinski definition) is 16. The summed E-state index contributed by atoms with van der Waals surface area (Å²) in [7, 11) is -15.5. The molecule has 0 saturated heterocycles. The summed E-state index contributed by atoms with van der Waals surface area (Å²) < 4.78 is 102. The van der Waals surface area contributed by atoms with Gasteiger partial charge >= 0.3 is 34.7 Å². The first-order valence-electron chi connectivity index (χ1n) is 3.61. The fourth-order valence-corrected chi connectivity index (χ4v) is 0. The third kappa shape index (κ3) is 5800. The first-order chi connectivity index (χ1) is 9.83. The van der Waals surface area contributed by atoms with Gasteiger partial charge in [-0.2, -0.15) is 0 Å². The van der Waals surface area contributed by atoms with Gasteiger partial charge in [0.15, 0.2) is 25.1 Å². The Kier molecular flexibility index (Phi) is 45.2. The Morgan fingerprint density at radius 3 is 0.440 bits per heavy atom. The van der Waals surface area contributed by atoms with E-state index in [9.17, 15) is 0 Å². The fourth-order valence-electron chi connectivity index (χ4n) is 0. The van der Waals surface area contributed by atoms with Gasteiger partial charge in [0.2, 0.25) is 0 Å². The minimum Gasteiger partial charge on any atom is -0.759 e. The molecule has 0 radical (unpaired) electrons. The van der Waals surface area contributed by atoms with Crippen molar-refractivity contribution in [3.63, 3.8) is 0 Å². The molecule has 140 valence electrons. The third-order valence-corrected chi connectivity index (χ3v) is 0.111. The molecule has 0 fully saturated rings. The van der Waals surface area contributed by atoms with Crippen molar-refractivity contribution in [1.29, 1.82) is 0 Å². The van der Waals surface area contributed by atoms with Gasteiger partial charge in [-0.05, 0) is 0 Å². The van der Waals surface area contributed by atoms with Crippen LogP contribution >= 0.6 is 0 Å². The molecule has 0 aromatic carbocycles. The molecule has 0 aromatic rings. The molecular weight excluding hydrogens is 454 g/mol. The molecule has 0 aromatic heterocycles. The van der Waals surface area contributed by atoms with E-state index >= 15 is 0 Å².